The molecule has 0 radical (unpaired) electrons. The van der Waals surface area contributed by atoms with E-state index in [-0.39, 0.29) is 12.1 Å². The Hall–Kier alpha value is -1.22. The van der Waals surface area contributed by atoms with Crippen molar-refractivity contribution in [1.82, 2.24) is 0 Å². The minimum absolute atomic E-state index is 0.0237. The number of nitrogens with two attached hydrogens (primary N) is 1. The van der Waals surface area contributed by atoms with Crippen LogP contribution in [0.15, 0.2) is 18.2 Å². The highest BCUT2D eigenvalue weighted by atomic mass is 35.5. The first-order valence-electron chi connectivity index (χ1n) is 6.73. The molecule has 0 heterocycles. The molecule has 1 aliphatic rings. The van der Waals surface area contributed by atoms with Gasteiger partial charge in [0.25, 0.3) is 0 Å². The van der Waals surface area contributed by atoms with E-state index in [4.69, 9.17) is 22.1 Å². The van der Waals surface area contributed by atoms with Crippen LogP contribution in [0.1, 0.15) is 43.5 Å². The fraction of sp³-hybridized carbons (Fsp3) is 0.533. The molecule has 0 bridgehead atoms. The van der Waals surface area contributed by atoms with E-state index in [1.165, 1.54) is 0 Å². The maximum Gasteiger partial charge on any atom is 0.338 e. The topological polar surface area (TPSA) is 52.3 Å². The van der Waals surface area contributed by atoms with E-state index in [0.29, 0.717) is 28.1 Å². The molecule has 3 unspecified atom stereocenters. The minimum Gasteiger partial charge on any atom is -0.459 e. The molecule has 0 aliphatic heterocycles. The van der Waals surface area contributed by atoms with Crippen molar-refractivity contribution in [2.45, 2.75) is 39.2 Å². The molecule has 0 spiro atoms. The van der Waals surface area contributed by atoms with Gasteiger partial charge in [0.1, 0.15) is 6.10 Å². The summed E-state index contributed by atoms with van der Waals surface area (Å²) >= 11 is 5.84. The first-order chi connectivity index (χ1) is 8.97. The Labute approximate surface area is 119 Å². The number of rotatable bonds is 2. The highest BCUT2D eigenvalue weighted by Gasteiger charge is 2.27. The van der Waals surface area contributed by atoms with Gasteiger partial charge in [-0.25, -0.2) is 4.79 Å². The monoisotopic (exact) mass is 281 g/mol. The van der Waals surface area contributed by atoms with Gasteiger partial charge in [-0.1, -0.05) is 25.4 Å². The van der Waals surface area contributed by atoms with Gasteiger partial charge in [-0.3, -0.25) is 0 Å². The lowest BCUT2D eigenvalue weighted by Gasteiger charge is -2.31. The van der Waals surface area contributed by atoms with Gasteiger partial charge in [-0.05, 0) is 49.3 Å². The van der Waals surface area contributed by atoms with Crippen molar-refractivity contribution in [3.05, 3.63) is 28.8 Å². The predicted octanol–water partition coefficient (Wildman–Crippen LogP) is 3.90. The molecular weight excluding hydrogens is 262 g/mol. The molecule has 1 saturated carbocycles. The summed E-state index contributed by atoms with van der Waals surface area (Å²) in [6.45, 7) is 4.47. The van der Waals surface area contributed by atoms with Crippen LogP contribution in [0.25, 0.3) is 0 Å². The molecule has 2 rings (SSSR count). The molecule has 1 aromatic carbocycles. The maximum atomic E-state index is 12.0. The van der Waals surface area contributed by atoms with Crippen molar-refractivity contribution in [1.29, 1.82) is 0 Å². The Morgan fingerprint density at radius 3 is 2.68 bits per heavy atom. The first-order valence-corrected chi connectivity index (χ1v) is 7.11. The van der Waals surface area contributed by atoms with E-state index >= 15 is 0 Å². The average molecular weight is 282 g/mol. The maximum absolute atomic E-state index is 12.0. The van der Waals surface area contributed by atoms with E-state index in [1.807, 2.05) is 0 Å². The van der Waals surface area contributed by atoms with E-state index < -0.39 is 0 Å². The van der Waals surface area contributed by atoms with E-state index in [0.717, 1.165) is 19.3 Å². The number of benzene rings is 1. The zero-order chi connectivity index (χ0) is 14.0. The fourth-order valence-corrected chi connectivity index (χ4v) is 2.61. The number of carbonyl (C=O) groups is 1. The van der Waals surface area contributed by atoms with Gasteiger partial charge < -0.3 is 10.5 Å². The van der Waals surface area contributed by atoms with E-state index in [9.17, 15) is 4.79 Å². The minimum atomic E-state index is -0.310. The Morgan fingerprint density at radius 1 is 1.32 bits per heavy atom. The number of hydrogen-bond acceptors (Lipinski definition) is 3. The van der Waals surface area contributed by atoms with Crippen LogP contribution in [0, 0.1) is 11.8 Å². The molecule has 1 aromatic rings. The van der Waals surface area contributed by atoms with Crippen molar-refractivity contribution >= 4 is 23.3 Å². The lowest BCUT2D eigenvalue weighted by atomic mass is 9.80. The quantitative estimate of drug-likeness (QED) is 0.661. The van der Waals surface area contributed by atoms with Gasteiger partial charge in [-0.2, -0.15) is 0 Å². The van der Waals surface area contributed by atoms with Crippen LogP contribution in [0.3, 0.4) is 0 Å². The Kier molecular flexibility index (Phi) is 4.35. The zero-order valence-electron chi connectivity index (χ0n) is 11.4. The van der Waals surface area contributed by atoms with Gasteiger partial charge in [0.15, 0.2) is 0 Å². The summed E-state index contributed by atoms with van der Waals surface area (Å²) in [7, 11) is 0. The number of carbonyl (C=O) groups excluding carboxylic acids is 1. The zero-order valence-corrected chi connectivity index (χ0v) is 12.1. The molecule has 3 atom stereocenters. The summed E-state index contributed by atoms with van der Waals surface area (Å²) in [4.78, 5) is 12.0. The van der Waals surface area contributed by atoms with Crippen molar-refractivity contribution in [3.63, 3.8) is 0 Å². The third kappa shape index (κ3) is 3.41. The van der Waals surface area contributed by atoms with Crippen LogP contribution in [-0.4, -0.2) is 12.1 Å². The first kappa shape index (κ1) is 14.2. The molecule has 1 fully saturated rings. The molecule has 0 amide bonds. The van der Waals surface area contributed by atoms with Crippen molar-refractivity contribution in [2.24, 2.45) is 11.8 Å². The smallest absolute Gasteiger partial charge is 0.338 e. The molecule has 1 aliphatic carbocycles. The highest BCUT2D eigenvalue weighted by Crippen LogP contribution is 2.31. The number of hydrogen-bond donors (Lipinski definition) is 1. The van der Waals surface area contributed by atoms with Crippen LogP contribution >= 0.6 is 11.6 Å². The van der Waals surface area contributed by atoms with Crippen LogP contribution in [-0.2, 0) is 4.74 Å². The van der Waals surface area contributed by atoms with Crippen LogP contribution in [0.2, 0.25) is 5.02 Å². The molecule has 2 N–H and O–H groups in total. The van der Waals surface area contributed by atoms with Crippen molar-refractivity contribution < 1.29 is 9.53 Å². The van der Waals surface area contributed by atoms with Crippen molar-refractivity contribution in [2.75, 3.05) is 5.73 Å². The number of anilines is 1. The Balaban J connectivity index is 1.99. The third-order valence-electron chi connectivity index (χ3n) is 4.06. The third-order valence-corrected chi connectivity index (χ3v) is 4.40. The van der Waals surface area contributed by atoms with Gasteiger partial charge >= 0.3 is 5.97 Å². The SMILES string of the molecule is CC1CCC(OC(=O)c2ccc(Cl)c(N)c2)CC1C. The molecule has 104 valence electrons. The second-order valence-electron chi connectivity index (χ2n) is 5.53. The van der Waals surface area contributed by atoms with Gasteiger partial charge in [0.2, 0.25) is 0 Å². The molecule has 4 heteroatoms. The molecule has 19 heavy (non-hydrogen) atoms. The second-order valence-corrected chi connectivity index (χ2v) is 5.94. The van der Waals surface area contributed by atoms with E-state index in [2.05, 4.69) is 13.8 Å². The fourth-order valence-electron chi connectivity index (χ4n) is 2.50. The number of nitrogen functional groups attached to an aromatic ring is 1. The van der Waals surface area contributed by atoms with Gasteiger partial charge in [0.05, 0.1) is 16.3 Å². The summed E-state index contributed by atoms with van der Waals surface area (Å²) in [6, 6.07) is 4.84. The largest absolute Gasteiger partial charge is 0.459 e. The van der Waals surface area contributed by atoms with Crippen molar-refractivity contribution in [3.8, 4) is 0 Å². The number of esters is 1. The molecule has 0 saturated heterocycles. The van der Waals surface area contributed by atoms with E-state index in [1.54, 1.807) is 18.2 Å². The summed E-state index contributed by atoms with van der Waals surface area (Å²) in [6.07, 6.45) is 3.02. The van der Waals surface area contributed by atoms with Gasteiger partial charge in [-0.15, -0.1) is 0 Å². The van der Waals surface area contributed by atoms with Crippen LogP contribution in [0.5, 0.6) is 0 Å². The summed E-state index contributed by atoms with van der Waals surface area (Å²) < 4.78 is 5.55. The lowest BCUT2D eigenvalue weighted by Crippen LogP contribution is -2.28. The Morgan fingerprint density at radius 2 is 2.05 bits per heavy atom. The predicted molar refractivity (Wildman–Crippen MR) is 77.2 cm³/mol. The van der Waals surface area contributed by atoms with Crippen LogP contribution < -0.4 is 5.73 Å². The Bertz CT molecular complexity index is 475. The van der Waals surface area contributed by atoms with Crippen LogP contribution in [0.4, 0.5) is 5.69 Å². The summed E-state index contributed by atoms with van der Waals surface area (Å²) in [5.41, 5.74) is 6.56. The summed E-state index contributed by atoms with van der Waals surface area (Å²) in [5, 5.41) is 0.455. The summed E-state index contributed by atoms with van der Waals surface area (Å²) in [5.74, 6) is 0.998. The number of halogens is 1. The molecule has 3 nitrogen and oxygen atoms in total. The molecular formula is C15H20ClNO2. The number of ether oxygens (including phenoxy) is 1. The second kappa shape index (κ2) is 5.83. The lowest BCUT2D eigenvalue weighted by molar-refractivity contribution is 0.00879. The normalized spacial score (nSPS) is 27.0. The molecule has 0 aromatic heterocycles. The standard InChI is InChI=1S/C15H20ClNO2/c1-9-3-5-12(7-10(9)2)19-15(18)11-4-6-13(16)14(17)8-11/h4,6,8-10,12H,3,5,7,17H2,1-2H3. The van der Waals surface area contributed by atoms with Gasteiger partial charge in [0, 0.05) is 0 Å². The average Bonchev–Trinajstić information content (AvgIpc) is 2.37. The highest BCUT2D eigenvalue weighted by molar-refractivity contribution is 6.33.